The number of benzene rings is 1. The number of pyridine rings is 1. The Kier molecular flexibility index (Phi) is 6.52. The Morgan fingerprint density at radius 3 is 2.29 bits per heavy atom. The second kappa shape index (κ2) is 9.43. The molecule has 7 nitrogen and oxygen atoms in total. The normalized spacial score (nSPS) is 23.6. The Morgan fingerprint density at radius 2 is 1.68 bits per heavy atom. The third-order valence-electron chi connectivity index (χ3n) is 8.89. The van der Waals surface area contributed by atoms with E-state index in [0.29, 0.717) is 28.1 Å². The Balaban J connectivity index is 1.52. The zero-order valence-corrected chi connectivity index (χ0v) is 22.6. The highest BCUT2D eigenvalue weighted by Gasteiger charge is 2.53. The molecule has 1 amide bonds. The number of nitrogens with one attached hydrogen (secondary N) is 1. The second-order valence-electron chi connectivity index (χ2n) is 11.3. The Hall–Kier alpha value is -3.36. The van der Waals surface area contributed by atoms with Crippen LogP contribution in [0.15, 0.2) is 35.3 Å². The van der Waals surface area contributed by atoms with Gasteiger partial charge in [0.2, 0.25) is 5.91 Å². The molecule has 0 spiro atoms. The fourth-order valence-electron chi connectivity index (χ4n) is 6.68. The monoisotopic (exact) mass is 523 g/mol. The predicted octanol–water partition coefficient (Wildman–Crippen LogP) is 5.66. The van der Waals surface area contributed by atoms with E-state index >= 15 is 0 Å². The lowest BCUT2D eigenvalue weighted by Crippen LogP contribution is -2.55. The Morgan fingerprint density at radius 1 is 1.05 bits per heavy atom. The van der Waals surface area contributed by atoms with Gasteiger partial charge in [-0.15, -0.1) is 0 Å². The van der Waals surface area contributed by atoms with Crippen molar-refractivity contribution in [2.75, 3.05) is 19.4 Å². The first kappa shape index (κ1) is 26.3. The Bertz CT molecular complexity index is 1440. The van der Waals surface area contributed by atoms with Gasteiger partial charge in [-0.25, -0.2) is 18.7 Å². The van der Waals surface area contributed by atoms with Crippen molar-refractivity contribution in [2.24, 2.45) is 5.41 Å². The zero-order chi connectivity index (χ0) is 27.4. The van der Waals surface area contributed by atoms with Gasteiger partial charge < -0.3 is 14.8 Å². The molecule has 6 rings (SSSR count). The maximum absolute atomic E-state index is 13.5. The first-order chi connectivity index (χ1) is 18.0. The third kappa shape index (κ3) is 4.25. The number of carbonyl (C=O) groups is 1. The van der Waals surface area contributed by atoms with E-state index in [0.717, 1.165) is 44.1 Å². The molecule has 2 aromatic heterocycles. The summed E-state index contributed by atoms with van der Waals surface area (Å²) >= 11 is 0. The van der Waals surface area contributed by atoms with Crippen LogP contribution in [0.4, 0.5) is 14.6 Å². The molecule has 9 heteroatoms. The molecule has 2 bridgehead atoms. The van der Waals surface area contributed by atoms with Crippen molar-refractivity contribution in [1.82, 2.24) is 19.4 Å². The second-order valence-corrected chi connectivity index (χ2v) is 11.3. The average Bonchev–Trinajstić information content (AvgIpc) is 2.88. The summed E-state index contributed by atoms with van der Waals surface area (Å²) in [4.78, 5) is 37.2. The fraction of sp³-hybridized carbons (Fsp3) is 0.517. The van der Waals surface area contributed by atoms with Crippen molar-refractivity contribution in [3.63, 3.8) is 0 Å². The van der Waals surface area contributed by atoms with Gasteiger partial charge in [0, 0.05) is 42.9 Å². The molecule has 3 saturated carbocycles. The molecular formula is C29H35F2N5O2. The van der Waals surface area contributed by atoms with Crippen LogP contribution in [0.5, 0.6) is 0 Å². The van der Waals surface area contributed by atoms with Gasteiger partial charge in [-0.2, -0.15) is 0 Å². The van der Waals surface area contributed by atoms with Crippen LogP contribution in [-0.4, -0.2) is 39.4 Å². The van der Waals surface area contributed by atoms with Gasteiger partial charge in [0.15, 0.2) is 0 Å². The smallest absolute Gasteiger partial charge is 0.264 e. The lowest BCUT2D eigenvalue weighted by atomic mass is 9.56. The standard InChI is InChI=1S/C29H35F2N5O2/c1-17-20(7-6-8-21(17)25(30)31)18(2)32-26-22-16-36(24(37)15-23(22)33-19(3)34-26)29-12-9-28(10-13-29,11-14-29)27(38)35(4)5/h6-8,15-16,18,25H,9-14H2,1-5H3,(H,32,33,34)/t18-,28?,29?/m1/s1. The van der Waals surface area contributed by atoms with Gasteiger partial charge in [0.25, 0.3) is 12.0 Å². The number of carbonyl (C=O) groups excluding carboxylic acids is 1. The number of nitrogens with zero attached hydrogens (tertiary/aromatic N) is 4. The summed E-state index contributed by atoms with van der Waals surface area (Å²) in [6.07, 6.45) is 3.91. The molecule has 0 aliphatic heterocycles. The number of rotatable bonds is 6. The van der Waals surface area contributed by atoms with E-state index in [-0.39, 0.29) is 34.0 Å². The fourth-order valence-corrected chi connectivity index (χ4v) is 6.68. The van der Waals surface area contributed by atoms with Gasteiger partial charge in [0.1, 0.15) is 11.6 Å². The molecule has 2 heterocycles. The SMILES string of the molecule is Cc1nc(N[C@H](C)c2cccc(C(F)F)c2C)c2cn(C34CCC(C(=O)N(C)C)(CC3)CC4)c(=O)cc2n1. The molecular weight excluding hydrogens is 488 g/mol. The molecule has 0 unspecified atom stereocenters. The Labute approximate surface area is 221 Å². The van der Waals surface area contributed by atoms with Gasteiger partial charge >= 0.3 is 0 Å². The largest absolute Gasteiger partial charge is 0.363 e. The highest BCUT2D eigenvalue weighted by Crippen LogP contribution is 2.56. The van der Waals surface area contributed by atoms with Gasteiger partial charge in [-0.3, -0.25) is 9.59 Å². The van der Waals surface area contributed by atoms with E-state index in [1.165, 1.54) is 6.07 Å². The minimum absolute atomic E-state index is 0.0197. The van der Waals surface area contributed by atoms with E-state index in [1.54, 1.807) is 30.9 Å². The molecule has 3 aromatic rings. The maximum Gasteiger partial charge on any atom is 0.264 e. The van der Waals surface area contributed by atoms with Crippen LogP contribution < -0.4 is 10.9 Å². The highest BCUT2D eigenvalue weighted by atomic mass is 19.3. The van der Waals surface area contributed by atoms with E-state index in [9.17, 15) is 18.4 Å². The van der Waals surface area contributed by atoms with Crippen LogP contribution in [0.2, 0.25) is 0 Å². The molecule has 1 N–H and O–H groups in total. The zero-order valence-electron chi connectivity index (χ0n) is 22.6. The molecule has 38 heavy (non-hydrogen) atoms. The lowest BCUT2D eigenvalue weighted by molar-refractivity contribution is -0.148. The van der Waals surface area contributed by atoms with Crippen molar-refractivity contribution >= 4 is 22.6 Å². The number of fused-ring (bicyclic) bond motifs is 4. The maximum atomic E-state index is 13.5. The highest BCUT2D eigenvalue weighted by molar-refractivity contribution is 5.88. The molecule has 3 fully saturated rings. The molecule has 202 valence electrons. The first-order valence-corrected chi connectivity index (χ1v) is 13.2. The van der Waals surface area contributed by atoms with Crippen LogP contribution >= 0.6 is 0 Å². The summed E-state index contributed by atoms with van der Waals surface area (Å²) in [6.45, 7) is 5.40. The molecule has 0 radical (unpaired) electrons. The molecule has 3 aliphatic carbocycles. The lowest BCUT2D eigenvalue weighted by Gasteiger charge is -2.53. The number of hydrogen-bond acceptors (Lipinski definition) is 5. The molecule has 1 aromatic carbocycles. The van der Waals surface area contributed by atoms with Crippen molar-refractivity contribution < 1.29 is 13.6 Å². The van der Waals surface area contributed by atoms with Crippen molar-refractivity contribution in [3.05, 3.63) is 63.3 Å². The van der Waals surface area contributed by atoms with Crippen LogP contribution in [0, 0.1) is 19.3 Å². The van der Waals surface area contributed by atoms with E-state index in [4.69, 9.17) is 0 Å². The summed E-state index contributed by atoms with van der Waals surface area (Å²) in [5, 5.41) is 4.12. The molecule has 3 aliphatic rings. The third-order valence-corrected chi connectivity index (χ3v) is 8.89. The van der Waals surface area contributed by atoms with E-state index in [2.05, 4.69) is 15.3 Å². The quantitative estimate of drug-likeness (QED) is 0.451. The average molecular weight is 524 g/mol. The number of aromatic nitrogens is 3. The number of alkyl halides is 2. The number of halogens is 2. The first-order valence-electron chi connectivity index (χ1n) is 13.2. The summed E-state index contributed by atoms with van der Waals surface area (Å²) in [7, 11) is 3.62. The number of aryl methyl sites for hydroxylation is 1. The van der Waals surface area contributed by atoms with Crippen LogP contribution in [-0.2, 0) is 10.3 Å². The van der Waals surface area contributed by atoms with Crippen LogP contribution in [0.3, 0.4) is 0 Å². The van der Waals surface area contributed by atoms with Gasteiger partial charge in [-0.05, 0) is 70.4 Å². The number of amides is 1. The van der Waals surface area contributed by atoms with Crippen LogP contribution in [0.1, 0.15) is 80.4 Å². The summed E-state index contributed by atoms with van der Waals surface area (Å²) in [6, 6.07) is 6.21. The number of anilines is 1. The van der Waals surface area contributed by atoms with Crippen molar-refractivity contribution in [3.8, 4) is 0 Å². The summed E-state index contributed by atoms with van der Waals surface area (Å²) < 4.78 is 28.9. The minimum Gasteiger partial charge on any atom is -0.363 e. The summed E-state index contributed by atoms with van der Waals surface area (Å²) in [5.41, 5.74) is 1.12. The number of hydrogen-bond donors (Lipinski definition) is 1. The van der Waals surface area contributed by atoms with E-state index in [1.807, 2.05) is 37.8 Å². The predicted molar refractivity (Wildman–Crippen MR) is 144 cm³/mol. The van der Waals surface area contributed by atoms with Gasteiger partial charge in [-0.1, -0.05) is 18.2 Å². The van der Waals surface area contributed by atoms with Crippen LogP contribution in [0.25, 0.3) is 10.9 Å². The van der Waals surface area contributed by atoms with Crippen molar-refractivity contribution in [1.29, 1.82) is 0 Å². The minimum atomic E-state index is -2.55. The topological polar surface area (TPSA) is 80.1 Å². The molecule has 1 atom stereocenters. The van der Waals surface area contributed by atoms with Gasteiger partial charge in [0.05, 0.1) is 16.9 Å². The summed E-state index contributed by atoms with van der Waals surface area (Å²) in [5.74, 6) is 1.27. The molecule has 0 saturated heterocycles. The van der Waals surface area contributed by atoms with Crippen molar-refractivity contribution in [2.45, 2.75) is 77.3 Å². The van der Waals surface area contributed by atoms with E-state index < -0.39 is 6.43 Å².